The molecule has 18 heavy (non-hydrogen) atoms. The molecule has 3 nitrogen and oxygen atoms in total. The van der Waals surface area contributed by atoms with Crippen LogP contribution < -0.4 is 10.5 Å². The second kappa shape index (κ2) is 5.65. The van der Waals surface area contributed by atoms with Gasteiger partial charge in [0, 0.05) is 18.3 Å². The molecule has 2 rings (SSSR count). The zero-order chi connectivity index (χ0) is 13.0. The van der Waals surface area contributed by atoms with Crippen LogP contribution in [0, 0.1) is 6.92 Å². The van der Waals surface area contributed by atoms with Gasteiger partial charge in [0.05, 0.1) is 0 Å². The fourth-order valence-electron chi connectivity index (χ4n) is 1.83. The molecule has 1 aromatic carbocycles. The zero-order valence-corrected chi connectivity index (χ0v) is 10.8. The Balaban J connectivity index is 2.05. The molecule has 0 fully saturated rings. The van der Waals surface area contributed by atoms with E-state index in [0.717, 1.165) is 16.7 Å². The normalized spacial score (nSPS) is 12.2. The number of pyridine rings is 1. The lowest BCUT2D eigenvalue weighted by Crippen LogP contribution is -2.08. The molecule has 2 aromatic rings. The van der Waals surface area contributed by atoms with Gasteiger partial charge in [0.15, 0.2) is 0 Å². The van der Waals surface area contributed by atoms with Crippen LogP contribution in [0.15, 0.2) is 42.6 Å². The highest BCUT2D eigenvalue weighted by molar-refractivity contribution is 5.30. The Hall–Kier alpha value is -1.87. The van der Waals surface area contributed by atoms with Crippen LogP contribution in [0.1, 0.15) is 29.7 Å². The van der Waals surface area contributed by atoms with Gasteiger partial charge in [-0.2, -0.15) is 0 Å². The van der Waals surface area contributed by atoms with Crippen molar-refractivity contribution >= 4 is 0 Å². The van der Waals surface area contributed by atoms with Gasteiger partial charge < -0.3 is 10.5 Å². The van der Waals surface area contributed by atoms with E-state index in [0.29, 0.717) is 12.5 Å². The van der Waals surface area contributed by atoms with Crippen LogP contribution in [-0.2, 0) is 6.61 Å². The highest BCUT2D eigenvalue weighted by Crippen LogP contribution is 2.19. The molecule has 0 amide bonds. The molecule has 1 heterocycles. The first kappa shape index (κ1) is 12.6. The third kappa shape index (κ3) is 3.08. The van der Waals surface area contributed by atoms with Crippen molar-refractivity contribution in [2.75, 3.05) is 0 Å². The average Bonchev–Trinajstić information content (AvgIpc) is 2.37. The maximum atomic E-state index is 5.85. The third-order valence-corrected chi connectivity index (χ3v) is 2.85. The van der Waals surface area contributed by atoms with Crippen LogP contribution in [0.25, 0.3) is 0 Å². The summed E-state index contributed by atoms with van der Waals surface area (Å²) in [6, 6.07) is 12.0. The minimum Gasteiger partial charge on any atom is -0.473 e. The van der Waals surface area contributed by atoms with E-state index in [2.05, 4.69) is 4.98 Å². The van der Waals surface area contributed by atoms with Gasteiger partial charge in [0.2, 0.25) is 5.88 Å². The molecule has 0 aliphatic carbocycles. The van der Waals surface area contributed by atoms with Crippen molar-refractivity contribution in [3.63, 3.8) is 0 Å². The fraction of sp³-hybridized carbons (Fsp3) is 0.267. The van der Waals surface area contributed by atoms with Crippen molar-refractivity contribution in [3.8, 4) is 5.88 Å². The summed E-state index contributed by atoms with van der Waals surface area (Å²) in [5, 5.41) is 0. The van der Waals surface area contributed by atoms with E-state index >= 15 is 0 Å². The third-order valence-electron chi connectivity index (χ3n) is 2.85. The summed E-state index contributed by atoms with van der Waals surface area (Å²) in [4.78, 5) is 4.27. The molecule has 94 valence electrons. The number of nitrogens with two attached hydrogens (primary N) is 1. The standard InChI is InChI=1S/C15H18N2O/c1-11-8-15(17-9-14(11)12(2)16)18-10-13-6-4-3-5-7-13/h3-9,12H,10,16H2,1-2H3/t12-/m0/s1. The van der Waals surface area contributed by atoms with Crippen LogP contribution in [0.4, 0.5) is 0 Å². The Morgan fingerprint density at radius 3 is 2.61 bits per heavy atom. The second-order valence-electron chi connectivity index (χ2n) is 4.44. The average molecular weight is 242 g/mol. The van der Waals surface area contributed by atoms with E-state index in [1.807, 2.05) is 50.2 Å². The van der Waals surface area contributed by atoms with Gasteiger partial charge in [-0.05, 0) is 30.5 Å². The minimum atomic E-state index is 0.000623. The highest BCUT2D eigenvalue weighted by atomic mass is 16.5. The number of hydrogen-bond donors (Lipinski definition) is 1. The van der Waals surface area contributed by atoms with Gasteiger partial charge in [-0.25, -0.2) is 4.98 Å². The Kier molecular flexibility index (Phi) is 3.95. The molecule has 0 aliphatic heterocycles. The lowest BCUT2D eigenvalue weighted by Gasteiger charge is -2.11. The van der Waals surface area contributed by atoms with Crippen molar-refractivity contribution in [2.45, 2.75) is 26.5 Å². The van der Waals surface area contributed by atoms with Crippen LogP contribution >= 0.6 is 0 Å². The van der Waals surface area contributed by atoms with E-state index < -0.39 is 0 Å². The molecule has 0 bridgehead atoms. The monoisotopic (exact) mass is 242 g/mol. The number of hydrogen-bond acceptors (Lipinski definition) is 3. The Labute approximate surface area is 108 Å². The van der Waals surface area contributed by atoms with Crippen molar-refractivity contribution in [1.29, 1.82) is 0 Å². The number of aryl methyl sites for hydroxylation is 1. The van der Waals surface area contributed by atoms with Crippen molar-refractivity contribution in [1.82, 2.24) is 4.98 Å². The predicted octanol–water partition coefficient (Wildman–Crippen LogP) is 2.99. The van der Waals surface area contributed by atoms with Crippen molar-refractivity contribution in [3.05, 3.63) is 59.3 Å². The van der Waals surface area contributed by atoms with Crippen LogP contribution in [0.3, 0.4) is 0 Å². The molecule has 0 aliphatic rings. The molecule has 0 saturated carbocycles. The summed E-state index contributed by atoms with van der Waals surface area (Å²) in [7, 11) is 0. The molecular formula is C15H18N2O. The molecule has 2 N–H and O–H groups in total. The maximum absolute atomic E-state index is 5.85. The summed E-state index contributed by atoms with van der Waals surface area (Å²) in [6.45, 7) is 4.51. The van der Waals surface area contributed by atoms with E-state index in [1.165, 1.54) is 0 Å². The molecule has 0 saturated heterocycles. The molecule has 1 aromatic heterocycles. The number of nitrogens with zero attached hydrogens (tertiary/aromatic N) is 1. The molecule has 1 atom stereocenters. The van der Waals surface area contributed by atoms with Crippen molar-refractivity contribution < 1.29 is 4.74 Å². The number of benzene rings is 1. The Bertz CT molecular complexity index is 509. The topological polar surface area (TPSA) is 48.1 Å². The predicted molar refractivity (Wildman–Crippen MR) is 72.4 cm³/mol. The van der Waals surface area contributed by atoms with Gasteiger partial charge in [-0.1, -0.05) is 30.3 Å². The number of aromatic nitrogens is 1. The number of rotatable bonds is 4. The van der Waals surface area contributed by atoms with Gasteiger partial charge in [-0.3, -0.25) is 0 Å². The Morgan fingerprint density at radius 2 is 2.00 bits per heavy atom. The zero-order valence-electron chi connectivity index (χ0n) is 10.8. The van der Waals surface area contributed by atoms with Crippen LogP contribution in [0.5, 0.6) is 5.88 Å². The lowest BCUT2D eigenvalue weighted by atomic mass is 10.1. The fourth-order valence-corrected chi connectivity index (χ4v) is 1.83. The lowest BCUT2D eigenvalue weighted by molar-refractivity contribution is 0.293. The van der Waals surface area contributed by atoms with E-state index in [4.69, 9.17) is 10.5 Å². The minimum absolute atomic E-state index is 0.000623. The summed E-state index contributed by atoms with van der Waals surface area (Å²) in [6.07, 6.45) is 1.79. The smallest absolute Gasteiger partial charge is 0.213 e. The van der Waals surface area contributed by atoms with Crippen LogP contribution in [-0.4, -0.2) is 4.98 Å². The van der Waals surface area contributed by atoms with E-state index in [9.17, 15) is 0 Å². The number of ether oxygens (including phenoxy) is 1. The van der Waals surface area contributed by atoms with Gasteiger partial charge >= 0.3 is 0 Å². The Morgan fingerprint density at radius 1 is 1.28 bits per heavy atom. The van der Waals surface area contributed by atoms with Crippen LogP contribution in [0.2, 0.25) is 0 Å². The summed E-state index contributed by atoms with van der Waals surface area (Å²) < 4.78 is 5.66. The largest absolute Gasteiger partial charge is 0.473 e. The summed E-state index contributed by atoms with van der Waals surface area (Å²) >= 11 is 0. The van der Waals surface area contributed by atoms with Gasteiger partial charge in [0.1, 0.15) is 6.61 Å². The first-order valence-electron chi connectivity index (χ1n) is 6.05. The SMILES string of the molecule is Cc1cc(OCc2ccccc2)ncc1[C@H](C)N. The van der Waals surface area contributed by atoms with E-state index in [-0.39, 0.29) is 6.04 Å². The van der Waals surface area contributed by atoms with E-state index in [1.54, 1.807) is 6.20 Å². The molecule has 0 radical (unpaired) electrons. The second-order valence-corrected chi connectivity index (χ2v) is 4.44. The first-order chi connectivity index (χ1) is 8.66. The maximum Gasteiger partial charge on any atom is 0.213 e. The highest BCUT2D eigenvalue weighted by Gasteiger charge is 2.06. The molecular weight excluding hydrogens is 224 g/mol. The quantitative estimate of drug-likeness (QED) is 0.896. The molecule has 0 spiro atoms. The summed E-state index contributed by atoms with van der Waals surface area (Å²) in [5.74, 6) is 0.640. The summed E-state index contributed by atoms with van der Waals surface area (Å²) in [5.41, 5.74) is 9.15. The molecule has 3 heteroatoms. The first-order valence-corrected chi connectivity index (χ1v) is 6.05. The van der Waals surface area contributed by atoms with Gasteiger partial charge in [-0.15, -0.1) is 0 Å². The van der Waals surface area contributed by atoms with Crippen molar-refractivity contribution in [2.24, 2.45) is 5.73 Å². The molecule has 0 unspecified atom stereocenters. The van der Waals surface area contributed by atoms with Gasteiger partial charge in [0.25, 0.3) is 0 Å².